The lowest BCUT2D eigenvalue weighted by molar-refractivity contribution is -0.382. The molecule has 0 aromatic rings. The molecule has 0 aliphatic carbocycles. The minimum absolute atomic E-state index is 0.335. The Bertz CT molecular complexity index is 569. The van der Waals surface area contributed by atoms with Crippen LogP contribution >= 0.6 is 0 Å². The number of rotatable bonds is 7. The molecule has 0 bridgehead atoms. The van der Waals surface area contributed by atoms with Gasteiger partial charge in [-0.3, -0.25) is 4.79 Å². The molecular formula is C11H15F9O4S2. The summed E-state index contributed by atoms with van der Waals surface area (Å²) in [4.78, 5) is 10.6. The number of alkyl halides is 9. The van der Waals surface area contributed by atoms with Crippen molar-refractivity contribution in [1.82, 2.24) is 0 Å². The first-order chi connectivity index (χ1) is 11.2. The molecular weight excluding hydrogens is 431 g/mol. The average molecular weight is 446 g/mol. The third kappa shape index (κ3) is 6.18. The Kier molecular flexibility index (Phi) is 9.52. The molecule has 0 unspecified atom stereocenters. The normalized spacial score (nSPS) is 14.1. The van der Waals surface area contributed by atoms with Crippen LogP contribution in [0.4, 0.5) is 39.5 Å². The number of hydrogen-bond acceptors (Lipinski definition) is 4. The van der Waals surface area contributed by atoms with E-state index in [1.807, 2.05) is 0 Å². The zero-order valence-corrected chi connectivity index (χ0v) is 15.1. The van der Waals surface area contributed by atoms with Crippen molar-refractivity contribution in [2.75, 3.05) is 17.3 Å². The lowest BCUT2D eigenvalue weighted by atomic mass is 10.1. The summed E-state index contributed by atoms with van der Waals surface area (Å²) in [6.07, 6.45) is -7.16. The predicted molar refractivity (Wildman–Crippen MR) is 74.6 cm³/mol. The van der Waals surface area contributed by atoms with Gasteiger partial charge in [0, 0.05) is 0 Å². The minimum atomic E-state index is -7.43. The fraction of sp³-hybridized carbons (Fsp3) is 0.909. The molecule has 0 N–H and O–H groups in total. The molecule has 158 valence electrons. The van der Waals surface area contributed by atoms with Crippen LogP contribution in [0, 0.1) is 0 Å². The molecule has 0 spiro atoms. The van der Waals surface area contributed by atoms with E-state index < -0.39 is 33.4 Å². The van der Waals surface area contributed by atoms with Gasteiger partial charge >= 0.3 is 23.3 Å². The Morgan fingerprint density at radius 2 is 1.23 bits per heavy atom. The number of ketones is 1. The summed E-state index contributed by atoms with van der Waals surface area (Å²) in [5.74, 6) is -11.4. The summed E-state index contributed by atoms with van der Waals surface area (Å²) < 4.78 is 135. The standard InChI is InChI=1S/C7H15OS.C4HF9O3S/c1-4-9(5-2)6-7(3)8;5-1(6,3(9,10)11)2(7,8)4(12,13)17(14,15)16/h4-6H2,1-3H3;(H,14,15,16)/q+1;/p-1. The van der Waals surface area contributed by atoms with E-state index in [0.29, 0.717) is 16.7 Å². The molecule has 0 fully saturated rings. The van der Waals surface area contributed by atoms with Gasteiger partial charge in [-0.1, -0.05) is 0 Å². The van der Waals surface area contributed by atoms with E-state index in [0.717, 1.165) is 17.3 Å². The molecule has 0 radical (unpaired) electrons. The van der Waals surface area contributed by atoms with E-state index in [-0.39, 0.29) is 0 Å². The number of Topliss-reactive ketones (excluding diaryl/α,β-unsaturated/α-hetero) is 1. The molecule has 0 heterocycles. The molecule has 0 saturated heterocycles. The first-order valence-corrected chi connectivity index (χ1v) is 9.63. The Morgan fingerprint density at radius 1 is 0.885 bits per heavy atom. The van der Waals surface area contributed by atoms with Crippen LogP contribution in [-0.2, 0) is 25.8 Å². The Morgan fingerprint density at radius 3 is 1.38 bits per heavy atom. The highest BCUT2D eigenvalue weighted by atomic mass is 32.2. The van der Waals surface area contributed by atoms with E-state index in [1.165, 1.54) is 0 Å². The Balaban J connectivity index is 0. The van der Waals surface area contributed by atoms with Gasteiger partial charge in [-0.15, -0.1) is 0 Å². The SMILES string of the molecule is CC[S+](CC)CC(C)=O.O=S(=O)([O-])C(F)(F)C(F)(F)C(F)(F)C(F)(F)F. The third-order valence-electron chi connectivity index (χ3n) is 2.65. The van der Waals surface area contributed by atoms with Crippen LogP contribution in [0.2, 0.25) is 0 Å². The van der Waals surface area contributed by atoms with Crippen LogP contribution in [0.5, 0.6) is 0 Å². The van der Waals surface area contributed by atoms with Gasteiger partial charge in [0.2, 0.25) is 0 Å². The highest BCUT2D eigenvalue weighted by Gasteiger charge is 2.83. The van der Waals surface area contributed by atoms with Crippen LogP contribution in [0.15, 0.2) is 0 Å². The van der Waals surface area contributed by atoms with Crippen LogP contribution in [0.3, 0.4) is 0 Å². The second-order valence-electron chi connectivity index (χ2n) is 4.65. The molecule has 0 amide bonds. The van der Waals surface area contributed by atoms with Crippen molar-refractivity contribution in [3.63, 3.8) is 0 Å². The van der Waals surface area contributed by atoms with Gasteiger partial charge in [0.15, 0.2) is 21.7 Å². The zero-order chi connectivity index (χ0) is 21.8. The lowest BCUT2D eigenvalue weighted by Gasteiger charge is -2.34. The van der Waals surface area contributed by atoms with Crippen molar-refractivity contribution >= 4 is 26.8 Å². The van der Waals surface area contributed by atoms with Gasteiger partial charge in [0.25, 0.3) is 0 Å². The van der Waals surface area contributed by atoms with Gasteiger partial charge < -0.3 is 4.55 Å². The van der Waals surface area contributed by atoms with Gasteiger partial charge in [-0.2, -0.15) is 39.5 Å². The predicted octanol–water partition coefficient (Wildman–Crippen LogP) is 3.19. The van der Waals surface area contributed by atoms with E-state index in [4.69, 9.17) is 0 Å². The first-order valence-electron chi connectivity index (χ1n) is 6.49. The molecule has 4 nitrogen and oxygen atoms in total. The van der Waals surface area contributed by atoms with Crippen LogP contribution in [0.25, 0.3) is 0 Å². The number of hydrogen-bond donors (Lipinski definition) is 0. The first kappa shape index (κ1) is 27.5. The van der Waals surface area contributed by atoms with E-state index in [2.05, 4.69) is 13.8 Å². The van der Waals surface area contributed by atoms with Crippen molar-refractivity contribution in [3.8, 4) is 0 Å². The van der Waals surface area contributed by atoms with E-state index in [1.54, 1.807) is 6.92 Å². The van der Waals surface area contributed by atoms with Crippen molar-refractivity contribution in [3.05, 3.63) is 0 Å². The number of carbonyl (C=O) groups excluding carboxylic acids is 1. The molecule has 0 aliphatic rings. The quantitative estimate of drug-likeness (QED) is 0.342. The lowest BCUT2D eigenvalue weighted by Crippen LogP contribution is -2.63. The van der Waals surface area contributed by atoms with Crippen molar-refractivity contribution < 1.29 is 57.3 Å². The number of carbonyl (C=O) groups is 1. The molecule has 0 atom stereocenters. The molecule has 15 heteroatoms. The second-order valence-corrected chi connectivity index (χ2v) is 8.74. The van der Waals surface area contributed by atoms with Crippen molar-refractivity contribution in [2.24, 2.45) is 0 Å². The fourth-order valence-electron chi connectivity index (χ4n) is 1.21. The zero-order valence-electron chi connectivity index (χ0n) is 13.5. The summed E-state index contributed by atoms with van der Waals surface area (Å²) in [5.41, 5.74) is 0. The Hall–Kier alpha value is -0.700. The average Bonchev–Trinajstić information content (AvgIpc) is 2.42. The van der Waals surface area contributed by atoms with Crippen molar-refractivity contribution in [1.29, 1.82) is 0 Å². The van der Waals surface area contributed by atoms with Gasteiger partial charge in [0.05, 0.1) is 0 Å². The topological polar surface area (TPSA) is 74.3 Å². The van der Waals surface area contributed by atoms with E-state index in [9.17, 15) is 57.3 Å². The van der Waals surface area contributed by atoms with Gasteiger partial charge in [-0.05, 0) is 31.7 Å². The molecule has 0 aliphatic heterocycles. The molecule has 0 rings (SSSR count). The van der Waals surface area contributed by atoms with E-state index >= 15 is 0 Å². The maximum atomic E-state index is 12.2. The molecule has 0 aromatic carbocycles. The summed E-state index contributed by atoms with van der Waals surface area (Å²) in [5, 5.41) is -7.11. The maximum Gasteiger partial charge on any atom is 0.460 e. The molecule has 26 heavy (non-hydrogen) atoms. The maximum absolute atomic E-state index is 12.2. The largest absolute Gasteiger partial charge is 0.743 e. The van der Waals surface area contributed by atoms with Crippen LogP contribution in [0.1, 0.15) is 20.8 Å². The van der Waals surface area contributed by atoms with Crippen LogP contribution < -0.4 is 0 Å². The highest BCUT2D eigenvalue weighted by Crippen LogP contribution is 2.54. The smallest absolute Gasteiger partial charge is 0.460 e. The second kappa shape index (κ2) is 8.99. The summed E-state index contributed by atoms with van der Waals surface area (Å²) in [6, 6.07) is 0. The van der Waals surface area contributed by atoms with Gasteiger partial charge in [0.1, 0.15) is 11.5 Å². The third-order valence-corrected chi connectivity index (χ3v) is 5.99. The summed E-state index contributed by atoms with van der Waals surface area (Å²) >= 11 is 0. The van der Waals surface area contributed by atoms with Crippen LogP contribution in [-0.4, -0.2) is 59.3 Å². The van der Waals surface area contributed by atoms with Gasteiger partial charge in [-0.25, -0.2) is 8.42 Å². The highest BCUT2D eigenvalue weighted by molar-refractivity contribution is 7.97. The minimum Gasteiger partial charge on any atom is -0.743 e. The van der Waals surface area contributed by atoms with Crippen molar-refractivity contribution in [2.45, 2.75) is 44.0 Å². The summed E-state index contributed by atoms with van der Waals surface area (Å²) in [6.45, 7) is 5.97. The number of halogens is 9. The molecule has 0 saturated carbocycles. The fourth-order valence-corrected chi connectivity index (χ4v) is 3.05. The summed E-state index contributed by atoms with van der Waals surface area (Å²) in [7, 11) is -7.03. The molecule has 0 aromatic heterocycles. The monoisotopic (exact) mass is 446 g/mol. The Labute approximate surface area is 146 Å².